The van der Waals surface area contributed by atoms with E-state index >= 15 is 0 Å². The highest BCUT2D eigenvalue weighted by Gasteiger charge is 2.25. The van der Waals surface area contributed by atoms with E-state index in [0.717, 1.165) is 25.3 Å². The number of carbonyl (C=O) groups is 1. The van der Waals surface area contributed by atoms with Crippen molar-refractivity contribution in [3.8, 4) is 0 Å². The molecule has 0 aromatic carbocycles. The van der Waals surface area contributed by atoms with E-state index in [2.05, 4.69) is 51.0 Å². The fourth-order valence-electron chi connectivity index (χ4n) is 3.15. The van der Waals surface area contributed by atoms with E-state index in [-0.39, 0.29) is 5.91 Å². The van der Waals surface area contributed by atoms with Crippen LogP contribution in [0.15, 0.2) is 47.4 Å². The molecule has 1 saturated heterocycles. The summed E-state index contributed by atoms with van der Waals surface area (Å²) in [6.07, 6.45) is 7.68. The van der Waals surface area contributed by atoms with Crippen LogP contribution >= 0.6 is 0 Å². The van der Waals surface area contributed by atoms with Gasteiger partial charge in [0.2, 0.25) is 0 Å². The molecular formula is C19H25N7O. The summed E-state index contributed by atoms with van der Waals surface area (Å²) in [5.41, 5.74) is 1.55. The molecule has 3 heterocycles. The third kappa shape index (κ3) is 4.06. The lowest BCUT2D eigenvalue weighted by Crippen LogP contribution is -2.32. The molecule has 1 N–H and O–H groups in total. The first-order valence-corrected chi connectivity index (χ1v) is 8.89. The fraction of sp³-hybridized carbons (Fsp3) is 0.368. The molecule has 0 saturated carbocycles. The van der Waals surface area contributed by atoms with Gasteiger partial charge in [0, 0.05) is 25.3 Å². The third-order valence-electron chi connectivity index (χ3n) is 4.63. The number of hydrogen-bond donors (Lipinski definition) is 1. The van der Waals surface area contributed by atoms with Crippen molar-refractivity contribution in [2.45, 2.75) is 19.4 Å². The number of aliphatic imine (C=N–C) groups is 1. The molecule has 1 fully saturated rings. The third-order valence-corrected chi connectivity index (χ3v) is 4.63. The second-order valence-corrected chi connectivity index (χ2v) is 6.68. The largest absolute Gasteiger partial charge is 0.354 e. The molecule has 8 heteroatoms. The van der Waals surface area contributed by atoms with Crippen molar-refractivity contribution in [2.24, 2.45) is 4.99 Å². The zero-order valence-electron chi connectivity index (χ0n) is 16.0. The SMILES string of the molecule is C=NC=C(C=CC)NC(=O)c1cnc2ccc(N3CCC(N(C)C)C3)nn12. The molecule has 142 valence electrons. The normalized spacial score (nSPS) is 18.0. The maximum absolute atomic E-state index is 12.7. The molecule has 3 rings (SSSR count). The zero-order valence-corrected chi connectivity index (χ0v) is 16.0. The average molecular weight is 367 g/mol. The van der Waals surface area contributed by atoms with Crippen LogP contribution in [0.2, 0.25) is 0 Å². The second kappa shape index (κ2) is 8.13. The number of fused-ring (bicyclic) bond motifs is 1. The van der Waals surface area contributed by atoms with Crippen molar-refractivity contribution in [3.05, 3.63) is 48.1 Å². The lowest BCUT2D eigenvalue weighted by atomic mass is 10.2. The fourth-order valence-corrected chi connectivity index (χ4v) is 3.15. The van der Waals surface area contributed by atoms with Gasteiger partial charge in [0.25, 0.3) is 5.91 Å². The van der Waals surface area contributed by atoms with Crippen molar-refractivity contribution in [3.63, 3.8) is 0 Å². The highest BCUT2D eigenvalue weighted by atomic mass is 16.2. The van der Waals surface area contributed by atoms with Crippen LogP contribution in [0.3, 0.4) is 0 Å². The average Bonchev–Trinajstić information content (AvgIpc) is 3.29. The van der Waals surface area contributed by atoms with E-state index in [9.17, 15) is 4.79 Å². The van der Waals surface area contributed by atoms with Crippen LogP contribution in [0, 0.1) is 0 Å². The molecule has 8 nitrogen and oxygen atoms in total. The first kappa shape index (κ1) is 18.8. The summed E-state index contributed by atoms with van der Waals surface area (Å²) in [6.45, 7) is 7.15. The van der Waals surface area contributed by atoms with Crippen molar-refractivity contribution in [1.29, 1.82) is 0 Å². The van der Waals surface area contributed by atoms with Crippen molar-refractivity contribution >= 4 is 24.1 Å². The molecule has 0 aliphatic carbocycles. The van der Waals surface area contributed by atoms with Gasteiger partial charge in [-0.05, 0) is 52.4 Å². The highest BCUT2D eigenvalue weighted by Crippen LogP contribution is 2.21. The number of anilines is 1. The van der Waals surface area contributed by atoms with Crippen molar-refractivity contribution in [1.82, 2.24) is 24.8 Å². The Morgan fingerprint density at radius 2 is 2.26 bits per heavy atom. The van der Waals surface area contributed by atoms with Crippen LogP contribution in [-0.2, 0) is 0 Å². The molecule has 0 spiro atoms. The van der Waals surface area contributed by atoms with E-state index in [4.69, 9.17) is 0 Å². The van der Waals surface area contributed by atoms with Crippen LogP contribution in [0.5, 0.6) is 0 Å². The number of likely N-dealkylation sites (N-methyl/N-ethyl adjacent to an activating group) is 1. The first-order chi connectivity index (χ1) is 13.0. The van der Waals surface area contributed by atoms with E-state index in [0.29, 0.717) is 23.1 Å². The van der Waals surface area contributed by atoms with Gasteiger partial charge in [0.15, 0.2) is 11.3 Å². The van der Waals surface area contributed by atoms with Crippen molar-refractivity contribution < 1.29 is 4.79 Å². The van der Waals surface area contributed by atoms with Crippen LogP contribution in [0.25, 0.3) is 5.65 Å². The summed E-state index contributed by atoms with van der Waals surface area (Å²) in [4.78, 5) is 25.2. The summed E-state index contributed by atoms with van der Waals surface area (Å²) in [7, 11) is 4.19. The monoisotopic (exact) mass is 367 g/mol. The summed E-state index contributed by atoms with van der Waals surface area (Å²) in [5.74, 6) is 0.545. The van der Waals surface area contributed by atoms with Crippen LogP contribution in [0.4, 0.5) is 5.82 Å². The Morgan fingerprint density at radius 1 is 1.44 bits per heavy atom. The zero-order chi connectivity index (χ0) is 19.4. The number of nitrogens with zero attached hydrogens (tertiary/aromatic N) is 6. The summed E-state index contributed by atoms with van der Waals surface area (Å²) >= 11 is 0. The number of imidazole rings is 1. The predicted octanol–water partition coefficient (Wildman–Crippen LogP) is 1.72. The molecule has 0 bridgehead atoms. The topological polar surface area (TPSA) is 78.1 Å². The van der Waals surface area contributed by atoms with Crippen LogP contribution < -0.4 is 10.2 Å². The Hall–Kier alpha value is -3.00. The quantitative estimate of drug-likeness (QED) is 0.621. The molecule has 0 radical (unpaired) electrons. The number of rotatable bonds is 6. The van der Waals surface area contributed by atoms with Gasteiger partial charge in [0.05, 0.1) is 11.9 Å². The van der Waals surface area contributed by atoms with Crippen molar-refractivity contribution in [2.75, 3.05) is 32.1 Å². The number of hydrogen-bond acceptors (Lipinski definition) is 6. The molecule has 1 amide bonds. The molecule has 1 aliphatic heterocycles. The van der Waals surface area contributed by atoms with Gasteiger partial charge in [-0.3, -0.25) is 9.79 Å². The Labute approximate surface area is 158 Å². The summed E-state index contributed by atoms with van der Waals surface area (Å²) in [6, 6.07) is 4.35. The minimum atomic E-state index is -0.298. The number of nitrogens with one attached hydrogen (secondary N) is 1. The number of carbonyl (C=O) groups excluding carboxylic acids is 1. The Bertz CT molecular complexity index is 897. The maximum Gasteiger partial charge on any atom is 0.276 e. The predicted molar refractivity (Wildman–Crippen MR) is 107 cm³/mol. The highest BCUT2D eigenvalue weighted by molar-refractivity contribution is 5.94. The lowest BCUT2D eigenvalue weighted by Gasteiger charge is -2.21. The molecule has 1 atom stereocenters. The molecular weight excluding hydrogens is 342 g/mol. The standard InChI is InChI=1S/C19H25N7O/c1-5-6-14(11-20-2)22-19(27)16-12-21-17-7-8-18(23-26(16)17)25-10-9-15(13-25)24(3)4/h5-8,11-12,15H,2,9-10,13H2,1,3-4H3,(H,22,27). The van der Waals surface area contributed by atoms with E-state index in [1.54, 1.807) is 10.6 Å². The van der Waals surface area contributed by atoms with Gasteiger partial charge in [-0.2, -0.15) is 0 Å². The summed E-state index contributed by atoms with van der Waals surface area (Å²) < 4.78 is 1.59. The molecule has 1 unspecified atom stereocenters. The van der Waals surface area contributed by atoms with Gasteiger partial charge in [-0.1, -0.05) is 6.08 Å². The van der Waals surface area contributed by atoms with E-state index in [1.807, 2.05) is 25.1 Å². The van der Waals surface area contributed by atoms with Gasteiger partial charge < -0.3 is 15.1 Å². The Balaban J connectivity index is 1.86. The smallest absolute Gasteiger partial charge is 0.276 e. The van der Waals surface area contributed by atoms with Gasteiger partial charge in [-0.25, -0.2) is 9.50 Å². The lowest BCUT2D eigenvalue weighted by molar-refractivity contribution is 0.0960. The minimum absolute atomic E-state index is 0.298. The number of aromatic nitrogens is 3. The summed E-state index contributed by atoms with van der Waals surface area (Å²) in [5, 5.41) is 7.46. The molecule has 2 aromatic heterocycles. The molecule has 27 heavy (non-hydrogen) atoms. The minimum Gasteiger partial charge on any atom is -0.354 e. The van der Waals surface area contributed by atoms with Crippen LogP contribution in [0.1, 0.15) is 23.8 Å². The molecule has 2 aromatic rings. The second-order valence-electron chi connectivity index (χ2n) is 6.68. The first-order valence-electron chi connectivity index (χ1n) is 8.89. The van der Waals surface area contributed by atoms with Crippen LogP contribution in [-0.4, -0.2) is 65.3 Å². The van der Waals surface area contributed by atoms with Gasteiger partial charge in [0.1, 0.15) is 5.82 Å². The Kier molecular flexibility index (Phi) is 5.66. The van der Waals surface area contributed by atoms with Gasteiger partial charge >= 0.3 is 0 Å². The molecule has 1 aliphatic rings. The van der Waals surface area contributed by atoms with Gasteiger partial charge in [-0.15, -0.1) is 5.10 Å². The number of allylic oxidation sites excluding steroid dienone is 2. The van der Waals surface area contributed by atoms with E-state index in [1.165, 1.54) is 12.4 Å². The van der Waals surface area contributed by atoms with E-state index < -0.39 is 0 Å². The number of amides is 1. The maximum atomic E-state index is 12.7. The Morgan fingerprint density at radius 3 is 2.93 bits per heavy atom.